The van der Waals surface area contributed by atoms with Crippen molar-refractivity contribution in [2.75, 3.05) is 25.6 Å². The zero-order valence-electron chi connectivity index (χ0n) is 14.2. The van der Waals surface area contributed by atoms with Gasteiger partial charge in [-0.15, -0.1) is 0 Å². The number of aliphatic hydroxyl groups excluding tert-OH is 2. The fourth-order valence-corrected chi connectivity index (χ4v) is 1.72. The zero-order chi connectivity index (χ0) is 18.7. The van der Waals surface area contributed by atoms with E-state index in [1.165, 1.54) is 19.1 Å². The summed E-state index contributed by atoms with van der Waals surface area (Å²) in [4.78, 5) is 10.5. The molecule has 2 aromatic carbocycles. The van der Waals surface area contributed by atoms with Crippen molar-refractivity contribution in [3.05, 3.63) is 48.5 Å². The van der Waals surface area contributed by atoms with E-state index in [4.69, 9.17) is 24.8 Å². The quantitative estimate of drug-likeness (QED) is 0.592. The number of benzene rings is 2. The molecule has 1 amide bonds. The lowest BCUT2D eigenvalue weighted by Crippen LogP contribution is -2.21. The average molecular weight is 349 g/mol. The second-order valence-electron chi connectivity index (χ2n) is 5.03. The Balaban J connectivity index is 0.000000257. The number of methoxy groups -OCH3 is 1. The Morgan fingerprint density at radius 3 is 2.24 bits per heavy atom. The van der Waals surface area contributed by atoms with Crippen LogP contribution >= 0.6 is 0 Å². The highest BCUT2D eigenvalue weighted by atomic mass is 16.5. The lowest BCUT2D eigenvalue weighted by atomic mass is 10.3. The summed E-state index contributed by atoms with van der Waals surface area (Å²) in [6, 6.07) is 13.4. The lowest BCUT2D eigenvalue weighted by Gasteiger charge is -2.12. The van der Waals surface area contributed by atoms with Crippen LogP contribution in [0.25, 0.3) is 0 Å². The second-order valence-corrected chi connectivity index (χ2v) is 5.03. The molecule has 0 saturated heterocycles. The Bertz CT molecular complexity index is 644. The first-order chi connectivity index (χ1) is 12.0. The SMILES string of the molecule is CC(=O)Nc1ccc(O)cc1.COc1ccccc1OCC(O)CO. The Labute approximate surface area is 146 Å². The van der Waals surface area contributed by atoms with Crippen molar-refractivity contribution < 1.29 is 29.6 Å². The van der Waals surface area contributed by atoms with Crippen LogP contribution in [0.3, 0.4) is 0 Å². The van der Waals surface area contributed by atoms with Crippen LogP contribution in [0.2, 0.25) is 0 Å². The third-order valence-corrected chi connectivity index (χ3v) is 2.90. The number of hydrogen-bond donors (Lipinski definition) is 4. The Hall–Kier alpha value is -2.77. The summed E-state index contributed by atoms with van der Waals surface area (Å²) >= 11 is 0. The smallest absolute Gasteiger partial charge is 0.221 e. The highest BCUT2D eigenvalue weighted by Crippen LogP contribution is 2.25. The van der Waals surface area contributed by atoms with Crippen LogP contribution in [0.4, 0.5) is 5.69 Å². The molecule has 25 heavy (non-hydrogen) atoms. The molecule has 136 valence electrons. The van der Waals surface area contributed by atoms with Crippen LogP contribution in [0, 0.1) is 0 Å². The Kier molecular flexibility index (Phi) is 8.84. The van der Waals surface area contributed by atoms with Crippen molar-refractivity contribution in [1.29, 1.82) is 0 Å². The number of phenols is 1. The number of phenolic OH excluding ortho intramolecular Hbond substituents is 1. The Morgan fingerprint density at radius 1 is 1.12 bits per heavy atom. The van der Waals surface area contributed by atoms with Crippen molar-refractivity contribution >= 4 is 11.6 Å². The third-order valence-electron chi connectivity index (χ3n) is 2.90. The van der Waals surface area contributed by atoms with Gasteiger partial charge in [-0.05, 0) is 36.4 Å². The van der Waals surface area contributed by atoms with Crippen molar-refractivity contribution in [3.8, 4) is 17.2 Å². The minimum absolute atomic E-state index is 0.0525. The van der Waals surface area contributed by atoms with Crippen molar-refractivity contribution in [1.82, 2.24) is 0 Å². The largest absolute Gasteiger partial charge is 0.508 e. The maximum Gasteiger partial charge on any atom is 0.221 e. The molecule has 0 aromatic heterocycles. The summed E-state index contributed by atoms with van der Waals surface area (Å²) in [6.07, 6.45) is -0.861. The number of carbonyl (C=O) groups excluding carboxylic acids is 1. The monoisotopic (exact) mass is 349 g/mol. The standard InChI is InChI=1S/C10H14O4.C8H9NO2/c1-13-9-4-2-3-5-10(9)14-7-8(12)6-11;1-6(10)9-7-2-4-8(11)5-3-7/h2-5,8,11-12H,6-7H2,1H3;2-5,11H,1H3,(H,9,10). The number of aliphatic hydroxyl groups is 2. The van der Waals surface area contributed by atoms with Gasteiger partial charge in [-0.2, -0.15) is 0 Å². The van der Waals surface area contributed by atoms with E-state index in [1.807, 2.05) is 12.1 Å². The first-order valence-corrected chi connectivity index (χ1v) is 7.57. The number of amides is 1. The highest BCUT2D eigenvalue weighted by Gasteiger charge is 2.06. The normalized spacial score (nSPS) is 10.9. The summed E-state index contributed by atoms with van der Waals surface area (Å²) < 4.78 is 10.3. The molecule has 1 unspecified atom stereocenters. The van der Waals surface area contributed by atoms with Crippen LogP contribution in [-0.4, -0.2) is 47.7 Å². The van der Waals surface area contributed by atoms with Gasteiger partial charge in [-0.25, -0.2) is 0 Å². The minimum Gasteiger partial charge on any atom is -0.508 e. The molecule has 1 atom stereocenters. The summed E-state index contributed by atoms with van der Waals surface area (Å²) in [5, 5.41) is 29.1. The fourth-order valence-electron chi connectivity index (χ4n) is 1.72. The molecule has 0 saturated carbocycles. The van der Waals surface area contributed by atoms with Gasteiger partial charge in [-0.1, -0.05) is 12.1 Å². The molecular formula is C18H23NO6. The predicted molar refractivity (Wildman–Crippen MR) is 94.0 cm³/mol. The molecule has 7 heteroatoms. The molecule has 0 aliphatic carbocycles. The molecule has 2 rings (SSSR count). The molecule has 0 fully saturated rings. The van der Waals surface area contributed by atoms with E-state index >= 15 is 0 Å². The van der Waals surface area contributed by atoms with Crippen molar-refractivity contribution in [3.63, 3.8) is 0 Å². The number of rotatable bonds is 6. The maximum absolute atomic E-state index is 10.5. The molecule has 0 spiro atoms. The van der Waals surface area contributed by atoms with E-state index in [1.54, 1.807) is 31.4 Å². The second kappa shape index (κ2) is 10.9. The van der Waals surface area contributed by atoms with E-state index in [0.29, 0.717) is 17.2 Å². The average Bonchev–Trinajstić information content (AvgIpc) is 2.62. The number of nitrogens with one attached hydrogen (secondary N) is 1. The van der Waals surface area contributed by atoms with Gasteiger partial charge in [0.2, 0.25) is 5.91 Å². The van der Waals surface area contributed by atoms with Gasteiger partial charge < -0.3 is 30.1 Å². The summed E-state index contributed by atoms with van der Waals surface area (Å²) in [6.45, 7) is 1.18. The summed E-state index contributed by atoms with van der Waals surface area (Å²) in [7, 11) is 1.55. The summed E-state index contributed by atoms with van der Waals surface area (Å²) in [5.74, 6) is 1.25. The van der Waals surface area contributed by atoms with Gasteiger partial charge in [0.25, 0.3) is 0 Å². The highest BCUT2D eigenvalue weighted by molar-refractivity contribution is 5.88. The molecule has 0 aliphatic heterocycles. The van der Waals surface area contributed by atoms with Gasteiger partial charge in [0.05, 0.1) is 13.7 Å². The number of ether oxygens (including phenoxy) is 2. The van der Waals surface area contributed by atoms with E-state index in [0.717, 1.165) is 0 Å². The zero-order valence-corrected chi connectivity index (χ0v) is 14.2. The number of aromatic hydroxyl groups is 1. The van der Waals surface area contributed by atoms with Gasteiger partial charge in [-0.3, -0.25) is 4.79 Å². The van der Waals surface area contributed by atoms with E-state index in [9.17, 15) is 4.79 Å². The molecule has 7 nitrogen and oxygen atoms in total. The van der Waals surface area contributed by atoms with Crippen molar-refractivity contribution in [2.24, 2.45) is 0 Å². The molecule has 0 aliphatic rings. The van der Waals surface area contributed by atoms with Crippen LogP contribution in [0.15, 0.2) is 48.5 Å². The number of anilines is 1. The minimum atomic E-state index is -0.861. The van der Waals surface area contributed by atoms with Crippen LogP contribution < -0.4 is 14.8 Å². The Morgan fingerprint density at radius 2 is 1.72 bits per heavy atom. The van der Waals surface area contributed by atoms with Crippen LogP contribution in [-0.2, 0) is 4.79 Å². The number of para-hydroxylation sites is 2. The van der Waals surface area contributed by atoms with E-state index in [2.05, 4.69) is 5.32 Å². The molecule has 0 heterocycles. The lowest BCUT2D eigenvalue weighted by molar-refractivity contribution is -0.114. The summed E-state index contributed by atoms with van der Waals surface area (Å²) in [5.41, 5.74) is 0.690. The maximum atomic E-state index is 10.5. The first kappa shape index (κ1) is 20.3. The molecule has 0 radical (unpaired) electrons. The van der Waals surface area contributed by atoms with Gasteiger partial charge in [0, 0.05) is 12.6 Å². The molecule has 2 aromatic rings. The first-order valence-electron chi connectivity index (χ1n) is 7.57. The number of carbonyl (C=O) groups is 1. The van der Waals surface area contributed by atoms with E-state index in [-0.39, 0.29) is 24.9 Å². The molecular weight excluding hydrogens is 326 g/mol. The van der Waals surface area contributed by atoms with Crippen LogP contribution in [0.1, 0.15) is 6.92 Å². The van der Waals surface area contributed by atoms with Crippen molar-refractivity contribution in [2.45, 2.75) is 13.0 Å². The molecule has 0 bridgehead atoms. The van der Waals surface area contributed by atoms with E-state index < -0.39 is 6.10 Å². The topological polar surface area (TPSA) is 108 Å². The number of hydrogen-bond acceptors (Lipinski definition) is 6. The predicted octanol–water partition coefficient (Wildman–Crippen LogP) is 1.78. The van der Waals surface area contributed by atoms with Gasteiger partial charge in [0.1, 0.15) is 18.5 Å². The third kappa shape index (κ3) is 8.05. The molecule has 4 N–H and O–H groups in total. The van der Waals surface area contributed by atoms with Gasteiger partial charge >= 0.3 is 0 Å². The fraction of sp³-hybridized carbons (Fsp3) is 0.278. The van der Waals surface area contributed by atoms with Crippen LogP contribution in [0.5, 0.6) is 17.2 Å². The van der Waals surface area contributed by atoms with Gasteiger partial charge in [0.15, 0.2) is 11.5 Å².